The number of nitrogens with one attached hydrogen (secondary N) is 2. The van der Waals surface area contributed by atoms with Crippen molar-refractivity contribution in [3.05, 3.63) is 34.4 Å². The van der Waals surface area contributed by atoms with Gasteiger partial charge in [-0.2, -0.15) is 0 Å². The number of amides is 2. The van der Waals surface area contributed by atoms with Crippen molar-refractivity contribution in [2.45, 2.75) is 6.92 Å². The normalized spacial score (nSPS) is 10.8. The van der Waals surface area contributed by atoms with Gasteiger partial charge in [0.25, 0.3) is 5.69 Å². The zero-order valence-corrected chi connectivity index (χ0v) is 9.71. The van der Waals surface area contributed by atoms with Crippen LogP contribution in [0.25, 0.3) is 0 Å². The van der Waals surface area contributed by atoms with Crippen molar-refractivity contribution in [3.8, 4) is 0 Å². The summed E-state index contributed by atoms with van der Waals surface area (Å²) in [6.07, 6.45) is 0. The fourth-order valence-electron chi connectivity index (χ4n) is 1.14. The van der Waals surface area contributed by atoms with Crippen LogP contribution in [-0.4, -0.2) is 23.5 Å². The Morgan fingerprint density at radius 1 is 1.44 bits per heavy atom. The molecule has 0 aliphatic heterocycles. The SMILES string of the molecule is CCNC(=O)NC(N)=Nc1ccc([N+](=O)[O-])cc1. The summed E-state index contributed by atoms with van der Waals surface area (Å²) in [7, 11) is 0. The predicted octanol–water partition coefficient (Wildman–Crippen LogP) is 0.860. The molecule has 0 bridgehead atoms. The van der Waals surface area contributed by atoms with Crippen LogP contribution in [0.1, 0.15) is 6.92 Å². The largest absolute Gasteiger partial charge is 0.369 e. The number of non-ortho nitro benzene ring substituents is 1. The van der Waals surface area contributed by atoms with Crippen LogP contribution < -0.4 is 16.4 Å². The summed E-state index contributed by atoms with van der Waals surface area (Å²) < 4.78 is 0. The van der Waals surface area contributed by atoms with Gasteiger partial charge in [-0.15, -0.1) is 0 Å². The zero-order valence-electron chi connectivity index (χ0n) is 9.71. The molecular formula is C10H13N5O3. The third-order valence-electron chi connectivity index (χ3n) is 1.89. The van der Waals surface area contributed by atoms with Crippen LogP contribution in [-0.2, 0) is 0 Å². The van der Waals surface area contributed by atoms with E-state index in [2.05, 4.69) is 15.6 Å². The Kier molecular flexibility index (Phi) is 4.61. The molecule has 0 radical (unpaired) electrons. The minimum Gasteiger partial charge on any atom is -0.369 e. The highest BCUT2D eigenvalue weighted by atomic mass is 16.6. The predicted molar refractivity (Wildman–Crippen MR) is 66.6 cm³/mol. The number of rotatable bonds is 3. The van der Waals surface area contributed by atoms with Crippen LogP contribution in [0.3, 0.4) is 0 Å². The van der Waals surface area contributed by atoms with Gasteiger partial charge in [0.05, 0.1) is 10.6 Å². The Morgan fingerprint density at radius 3 is 2.56 bits per heavy atom. The van der Waals surface area contributed by atoms with Gasteiger partial charge in [0, 0.05) is 18.7 Å². The molecule has 4 N–H and O–H groups in total. The first kappa shape index (κ1) is 13.4. The fraction of sp³-hybridized carbons (Fsp3) is 0.200. The van der Waals surface area contributed by atoms with E-state index in [1.807, 2.05) is 0 Å². The van der Waals surface area contributed by atoms with E-state index in [1.165, 1.54) is 24.3 Å². The molecule has 1 rings (SSSR count). The highest BCUT2D eigenvalue weighted by Gasteiger charge is 2.04. The molecule has 0 atom stereocenters. The first-order chi connectivity index (χ1) is 8.52. The number of urea groups is 1. The number of benzene rings is 1. The van der Waals surface area contributed by atoms with Gasteiger partial charge in [-0.25, -0.2) is 9.79 Å². The highest BCUT2D eigenvalue weighted by molar-refractivity contribution is 5.96. The second-order valence-electron chi connectivity index (χ2n) is 3.26. The standard InChI is InChI=1S/C10H13N5O3/c1-2-12-10(16)14-9(11)13-7-3-5-8(6-4-7)15(17)18/h3-6H,2H2,1H3,(H4,11,12,13,14,16). The number of guanidine groups is 1. The van der Waals surface area contributed by atoms with E-state index in [0.717, 1.165) is 0 Å². The van der Waals surface area contributed by atoms with Gasteiger partial charge in [0.1, 0.15) is 0 Å². The third kappa shape index (κ3) is 4.08. The number of hydrogen-bond acceptors (Lipinski definition) is 4. The molecule has 96 valence electrons. The van der Waals surface area contributed by atoms with Gasteiger partial charge in [-0.3, -0.25) is 15.4 Å². The summed E-state index contributed by atoms with van der Waals surface area (Å²) in [5, 5.41) is 15.2. The molecule has 1 aromatic carbocycles. The van der Waals surface area contributed by atoms with E-state index in [0.29, 0.717) is 12.2 Å². The van der Waals surface area contributed by atoms with Gasteiger partial charge in [-0.1, -0.05) is 0 Å². The number of carbonyl (C=O) groups is 1. The van der Waals surface area contributed by atoms with Gasteiger partial charge in [0.2, 0.25) is 5.96 Å². The summed E-state index contributed by atoms with van der Waals surface area (Å²) in [4.78, 5) is 24.9. The number of nitrogens with zero attached hydrogens (tertiary/aromatic N) is 2. The molecule has 18 heavy (non-hydrogen) atoms. The maximum absolute atomic E-state index is 11.1. The van der Waals surface area contributed by atoms with E-state index in [9.17, 15) is 14.9 Å². The van der Waals surface area contributed by atoms with Crippen LogP contribution in [0.5, 0.6) is 0 Å². The van der Waals surface area contributed by atoms with Crippen molar-refractivity contribution in [2.24, 2.45) is 10.7 Å². The van der Waals surface area contributed by atoms with Gasteiger partial charge in [-0.05, 0) is 19.1 Å². The Bertz CT molecular complexity index is 469. The summed E-state index contributed by atoms with van der Waals surface area (Å²) >= 11 is 0. The molecule has 0 spiro atoms. The number of aliphatic imine (C=N–C) groups is 1. The molecule has 0 fully saturated rings. The van der Waals surface area contributed by atoms with Gasteiger partial charge < -0.3 is 11.1 Å². The second-order valence-corrected chi connectivity index (χ2v) is 3.26. The monoisotopic (exact) mass is 251 g/mol. The number of carbonyl (C=O) groups excluding carboxylic acids is 1. The first-order valence-corrected chi connectivity index (χ1v) is 5.16. The van der Waals surface area contributed by atoms with Crippen LogP contribution in [0, 0.1) is 10.1 Å². The molecule has 8 heteroatoms. The van der Waals surface area contributed by atoms with Gasteiger partial charge in [0.15, 0.2) is 0 Å². The maximum atomic E-state index is 11.1. The Hall–Kier alpha value is -2.64. The lowest BCUT2D eigenvalue weighted by molar-refractivity contribution is -0.384. The lowest BCUT2D eigenvalue weighted by Crippen LogP contribution is -2.43. The van der Waals surface area contributed by atoms with E-state index >= 15 is 0 Å². The first-order valence-electron chi connectivity index (χ1n) is 5.16. The minimum atomic E-state index is -0.510. The van der Waals surface area contributed by atoms with Crippen LogP contribution in [0.2, 0.25) is 0 Å². The van der Waals surface area contributed by atoms with Crippen LogP contribution in [0.4, 0.5) is 16.2 Å². The Labute approximate surface area is 103 Å². The fourth-order valence-corrected chi connectivity index (χ4v) is 1.14. The summed E-state index contributed by atoms with van der Waals surface area (Å²) in [5.41, 5.74) is 5.85. The van der Waals surface area contributed by atoms with Crippen molar-refractivity contribution in [1.82, 2.24) is 10.6 Å². The smallest absolute Gasteiger partial charge is 0.321 e. The average Bonchev–Trinajstić information content (AvgIpc) is 2.29. The second kappa shape index (κ2) is 6.18. The lowest BCUT2D eigenvalue weighted by atomic mass is 10.3. The lowest BCUT2D eigenvalue weighted by Gasteiger charge is -2.04. The molecule has 0 heterocycles. The van der Waals surface area contributed by atoms with Crippen molar-refractivity contribution < 1.29 is 9.72 Å². The third-order valence-corrected chi connectivity index (χ3v) is 1.89. The summed E-state index contributed by atoms with van der Waals surface area (Å²) in [6, 6.07) is 5.02. The Morgan fingerprint density at radius 2 is 2.06 bits per heavy atom. The van der Waals surface area contributed by atoms with Crippen LogP contribution in [0.15, 0.2) is 29.3 Å². The number of hydrogen-bond donors (Lipinski definition) is 3. The molecule has 2 amide bonds. The maximum Gasteiger partial charge on any atom is 0.321 e. The quantitative estimate of drug-likeness (QED) is 0.319. The van der Waals surface area contributed by atoms with Crippen molar-refractivity contribution in [1.29, 1.82) is 0 Å². The highest BCUT2D eigenvalue weighted by Crippen LogP contribution is 2.17. The molecule has 0 aliphatic carbocycles. The van der Waals surface area contributed by atoms with E-state index in [-0.39, 0.29) is 11.6 Å². The van der Waals surface area contributed by atoms with Gasteiger partial charge >= 0.3 is 6.03 Å². The molecule has 0 saturated heterocycles. The zero-order chi connectivity index (χ0) is 13.5. The molecule has 0 aromatic heterocycles. The molecule has 0 unspecified atom stereocenters. The topological polar surface area (TPSA) is 123 Å². The van der Waals surface area contributed by atoms with E-state index < -0.39 is 11.0 Å². The Balaban J connectivity index is 2.70. The van der Waals surface area contributed by atoms with Crippen molar-refractivity contribution in [2.75, 3.05) is 6.54 Å². The number of nitro groups is 1. The average molecular weight is 251 g/mol. The van der Waals surface area contributed by atoms with Crippen LogP contribution >= 0.6 is 0 Å². The van der Waals surface area contributed by atoms with Crippen molar-refractivity contribution >= 4 is 23.4 Å². The summed E-state index contributed by atoms with van der Waals surface area (Å²) in [5.74, 6) is -0.0881. The number of nitrogens with two attached hydrogens (primary N) is 1. The molecular weight excluding hydrogens is 238 g/mol. The number of nitro benzene ring substituents is 1. The molecule has 0 aliphatic rings. The van der Waals surface area contributed by atoms with E-state index in [4.69, 9.17) is 5.73 Å². The molecule has 0 saturated carbocycles. The summed E-state index contributed by atoms with van der Waals surface area (Å²) in [6.45, 7) is 2.24. The molecule has 1 aromatic rings. The molecule has 8 nitrogen and oxygen atoms in total. The van der Waals surface area contributed by atoms with Crippen molar-refractivity contribution in [3.63, 3.8) is 0 Å². The minimum absolute atomic E-state index is 0.0378. The van der Waals surface area contributed by atoms with E-state index in [1.54, 1.807) is 6.92 Å².